The molecule has 6 heteroatoms. The molecule has 2 heterocycles. The van der Waals surface area contributed by atoms with Crippen LogP contribution in [0.3, 0.4) is 0 Å². The van der Waals surface area contributed by atoms with Crippen LogP contribution < -0.4 is 10.5 Å². The van der Waals surface area contributed by atoms with Crippen LogP contribution in [0.4, 0.5) is 0 Å². The third-order valence-electron chi connectivity index (χ3n) is 3.32. The molecule has 0 saturated carbocycles. The summed E-state index contributed by atoms with van der Waals surface area (Å²) in [7, 11) is 1.59. The zero-order valence-electron chi connectivity index (χ0n) is 11.5. The number of hydrogen-bond donors (Lipinski definition) is 1. The van der Waals surface area contributed by atoms with Gasteiger partial charge in [0, 0.05) is 19.1 Å². The van der Waals surface area contributed by atoms with Gasteiger partial charge in [0.1, 0.15) is 11.3 Å². The highest BCUT2D eigenvalue weighted by molar-refractivity contribution is 5.58. The largest absolute Gasteiger partial charge is 0.493 e. The average Bonchev–Trinajstić information content (AvgIpc) is 3.07. The Balaban J connectivity index is 1.90. The molecule has 106 valence electrons. The first-order valence-corrected chi connectivity index (χ1v) is 6.48. The Morgan fingerprint density at radius 1 is 1.45 bits per heavy atom. The molecule has 6 nitrogen and oxygen atoms in total. The van der Waals surface area contributed by atoms with E-state index in [1.807, 2.05) is 25.1 Å². The van der Waals surface area contributed by atoms with Crippen molar-refractivity contribution in [3.05, 3.63) is 29.6 Å². The predicted molar refractivity (Wildman–Crippen MR) is 72.3 cm³/mol. The van der Waals surface area contributed by atoms with E-state index in [4.69, 9.17) is 19.7 Å². The summed E-state index contributed by atoms with van der Waals surface area (Å²) in [6.07, 6.45) is 0.905. The summed E-state index contributed by atoms with van der Waals surface area (Å²) in [6.45, 7) is 2.86. The van der Waals surface area contributed by atoms with Gasteiger partial charge < -0.3 is 19.7 Å². The van der Waals surface area contributed by atoms with Crippen molar-refractivity contribution in [2.45, 2.75) is 18.9 Å². The minimum absolute atomic E-state index is 0.323. The molecule has 0 radical (unpaired) electrons. The quantitative estimate of drug-likeness (QED) is 0.910. The minimum Gasteiger partial charge on any atom is -0.493 e. The van der Waals surface area contributed by atoms with Crippen LogP contribution in [0, 0.1) is 0 Å². The molecule has 0 fully saturated rings. The monoisotopic (exact) mass is 275 g/mol. The summed E-state index contributed by atoms with van der Waals surface area (Å²) in [6, 6.07) is 5.85. The highest BCUT2D eigenvalue weighted by Crippen LogP contribution is 2.30. The molecule has 0 bridgehead atoms. The van der Waals surface area contributed by atoms with Crippen LogP contribution in [0.1, 0.15) is 18.3 Å². The lowest BCUT2D eigenvalue weighted by Crippen LogP contribution is -2.38. The maximum atomic E-state index is 6.10. The van der Waals surface area contributed by atoms with Gasteiger partial charge in [-0.1, -0.05) is 5.16 Å². The van der Waals surface area contributed by atoms with Gasteiger partial charge in [0.15, 0.2) is 5.82 Å². The first kappa shape index (κ1) is 13.1. The van der Waals surface area contributed by atoms with E-state index in [1.165, 1.54) is 0 Å². The van der Waals surface area contributed by atoms with Crippen molar-refractivity contribution in [2.75, 3.05) is 20.3 Å². The number of fused-ring (bicyclic) bond motifs is 1. The zero-order chi connectivity index (χ0) is 14.2. The van der Waals surface area contributed by atoms with Crippen LogP contribution in [0.25, 0.3) is 11.5 Å². The molecule has 0 amide bonds. The Morgan fingerprint density at radius 3 is 3.10 bits per heavy atom. The van der Waals surface area contributed by atoms with Gasteiger partial charge in [0.05, 0.1) is 13.2 Å². The number of hydrogen-bond acceptors (Lipinski definition) is 6. The fraction of sp³-hybridized carbons (Fsp3) is 0.429. The smallest absolute Gasteiger partial charge is 0.258 e. The Hall–Kier alpha value is -1.92. The van der Waals surface area contributed by atoms with Crippen molar-refractivity contribution in [1.29, 1.82) is 0 Å². The van der Waals surface area contributed by atoms with Gasteiger partial charge in [0.25, 0.3) is 5.89 Å². The van der Waals surface area contributed by atoms with Crippen LogP contribution >= 0.6 is 0 Å². The molecule has 1 aliphatic heterocycles. The Kier molecular flexibility index (Phi) is 3.19. The SMILES string of the molecule is COCC(C)(N)c1noc(-c2ccc3c(c2)CCO3)n1. The lowest BCUT2D eigenvalue weighted by Gasteiger charge is -2.18. The van der Waals surface area contributed by atoms with Crippen LogP contribution in [-0.2, 0) is 16.7 Å². The molecule has 20 heavy (non-hydrogen) atoms. The van der Waals surface area contributed by atoms with E-state index in [0.717, 1.165) is 29.9 Å². The maximum Gasteiger partial charge on any atom is 0.258 e. The van der Waals surface area contributed by atoms with Crippen LogP contribution in [-0.4, -0.2) is 30.5 Å². The molecule has 0 aliphatic carbocycles. The number of methoxy groups -OCH3 is 1. The average molecular weight is 275 g/mol. The molecule has 0 spiro atoms. The summed E-state index contributed by atoms with van der Waals surface area (Å²) >= 11 is 0. The van der Waals surface area contributed by atoms with E-state index in [0.29, 0.717) is 18.3 Å². The van der Waals surface area contributed by atoms with E-state index in [9.17, 15) is 0 Å². The molecule has 1 aromatic heterocycles. The fourth-order valence-electron chi connectivity index (χ4n) is 2.26. The number of aromatic nitrogens is 2. The van der Waals surface area contributed by atoms with Gasteiger partial charge in [-0.15, -0.1) is 0 Å². The molecule has 1 aliphatic rings. The standard InChI is InChI=1S/C14H17N3O3/c1-14(15,8-18-2)13-16-12(20-17-13)10-3-4-11-9(7-10)5-6-19-11/h3-4,7H,5-6,8,15H2,1-2H3. The van der Waals surface area contributed by atoms with Gasteiger partial charge in [-0.25, -0.2) is 0 Å². The molecule has 1 atom stereocenters. The number of nitrogens with two attached hydrogens (primary N) is 1. The number of rotatable bonds is 4. The third kappa shape index (κ3) is 2.28. The van der Waals surface area contributed by atoms with E-state index in [1.54, 1.807) is 7.11 Å². The molecule has 1 unspecified atom stereocenters. The molecule has 1 aromatic carbocycles. The van der Waals surface area contributed by atoms with E-state index in [2.05, 4.69) is 10.1 Å². The van der Waals surface area contributed by atoms with Crippen molar-refractivity contribution in [3.63, 3.8) is 0 Å². The maximum absolute atomic E-state index is 6.10. The van der Waals surface area contributed by atoms with E-state index in [-0.39, 0.29) is 0 Å². The van der Waals surface area contributed by atoms with Crippen molar-refractivity contribution in [2.24, 2.45) is 5.73 Å². The Labute approximate surface area is 116 Å². The summed E-state index contributed by atoms with van der Waals surface area (Å²) in [5, 5.41) is 3.95. The topological polar surface area (TPSA) is 83.4 Å². The van der Waals surface area contributed by atoms with Crippen LogP contribution in [0.5, 0.6) is 5.75 Å². The molecule has 0 saturated heterocycles. The Morgan fingerprint density at radius 2 is 2.30 bits per heavy atom. The first-order valence-electron chi connectivity index (χ1n) is 6.48. The summed E-state index contributed by atoms with van der Waals surface area (Å²) in [4.78, 5) is 4.37. The van der Waals surface area contributed by atoms with Crippen LogP contribution in [0.15, 0.2) is 22.7 Å². The second-order valence-electron chi connectivity index (χ2n) is 5.19. The number of ether oxygens (including phenoxy) is 2. The highest BCUT2D eigenvalue weighted by Gasteiger charge is 2.28. The zero-order valence-corrected chi connectivity index (χ0v) is 11.5. The van der Waals surface area contributed by atoms with Crippen molar-refractivity contribution in [3.8, 4) is 17.2 Å². The number of benzene rings is 1. The van der Waals surface area contributed by atoms with Gasteiger partial charge in [-0.3, -0.25) is 0 Å². The van der Waals surface area contributed by atoms with Gasteiger partial charge in [0.2, 0.25) is 0 Å². The van der Waals surface area contributed by atoms with Crippen LogP contribution in [0.2, 0.25) is 0 Å². The highest BCUT2D eigenvalue weighted by atomic mass is 16.5. The van der Waals surface area contributed by atoms with Gasteiger partial charge in [-0.2, -0.15) is 4.98 Å². The molecular weight excluding hydrogens is 258 g/mol. The fourth-order valence-corrected chi connectivity index (χ4v) is 2.26. The van der Waals surface area contributed by atoms with Crippen molar-refractivity contribution in [1.82, 2.24) is 10.1 Å². The molecular formula is C14H17N3O3. The van der Waals surface area contributed by atoms with E-state index >= 15 is 0 Å². The molecule has 2 aromatic rings. The minimum atomic E-state index is -0.768. The summed E-state index contributed by atoms with van der Waals surface area (Å²) in [5.41, 5.74) is 7.37. The second-order valence-corrected chi connectivity index (χ2v) is 5.19. The molecule has 3 rings (SSSR count). The second kappa shape index (κ2) is 4.88. The summed E-state index contributed by atoms with van der Waals surface area (Å²) in [5.74, 6) is 1.82. The lowest BCUT2D eigenvalue weighted by atomic mass is 10.1. The number of nitrogens with zero attached hydrogens (tertiary/aromatic N) is 2. The predicted octanol–water partition coefficient (Wildman–Crippen LogP) is 1.49. The third-order valence-corrected chi connectivity index (χ3v) is 3.32. The first-order chi connectivity index (χ1) is 9.60. The van der Waals surface area contributed by atoms with Gasteiger partial charge in [-0.05, 0) is 30.7 Å². The summed E-state index contributed by atoms with van der Waals surface area (Å²) < 4.78 is 15.9. The van der Waals surface area contributed by atoms with E-state index < -0.39 is 5.54 Å². The van der Waals surface area contributed by atoms with Crippen molar-refractivity contribution >= 4 is 0 Å². The normalized spacial score (nSPS) is 16.6. The lowest BCUT2D eigenvalue weighted by molar-refractivity contribution is 0.135. The Bertz CT molecular complexity index is 622. The molecule has 2 N–H and O–H groups in total. The van der Waals surface area contributed by atoms with Crippen molar-refractivity contribution < 1.29 is 14.0 Å². The van der Waals surface area contributed by atoms with Gasteiger partial charge >= 0.3 is 0 Å².